The summed E-state index contributed by atoms with van der Waals surface area (Å²) in [5.41, 5.74) is 3.44. The van der Waals surface area contributed by atoms with Gasteiger partial charge in [-0.25, -0.2) is 4.68 Å². The molecule has 2 heterocycles. The Kier molecular flexibility index (Phi) is 4.98. The monoisotopic (exact) mass is 407 g/mol. The van der Waals surface area contributed by atoms with Gasteiger partial charge in [-0.05, 0) is 43.7 Å². The zero-order valence-electron chi connectivity index (χ0n) is 16.6. The van der Waals surface area contributed by atoms with Crippen molar-refractivity contribution in [2.24, 2.45) is 0 Å². The molecule has 6 nitrogen and oxygen atoms in total. The molecule has 4 rings (SSSR count). The minimum absolute atomic E-state index is 0.166. The minimum atomic E-state index is -0.166. The zero-order valence-corrected chi connectivity index (χ0v) is 17.5. The number of anilines is 1. The van der Waals surface area contributed by atoms with Crippen LogP contribution in [0.2, 0.25) is 0 Å². The second-order valence-electron chi connectivity index (χ2n) is 6.64. The molecule has 148 valence electrons. The molecule has 0 aliphatic rings. The lowest BCUT2D eigenvalue weighted by molar-refractivity contribution is 0.103. The van der Waals surface area contributed by atoms with Gasteiger partial charge in [0.2, 0.25) is 0 Å². The molecule has 0 spiro atoms. The fourth-order valence-electron chi connectivity index (χ4n) is 3.20. The average molecular weight is 407 g/mol. The summed E-state index contributed by atoms with van der Waals surface area (Å²) in [6.07, 6.45) is 0. The largest absolute Gasteiger partial charge is 0.493 e. The SMILES string of the molecule is COc1cc(C)c(NC(=O)c2cc3c(C)nn(-c4ccccc4)c3s2)cc1OC. The molecule has 0 fully saturated rings. The van der Waals surface area contributed by atoms with Crippen LogP contribution in [0.4, 0.5) is 5.69 Å². The van der Waals surface area contributed by atoms with E-state index in [4.69, 9.17) is 9.47 Å². The van der Waals surface area contributed by atoms with Crippen LogP contribution >= 0.6 is 11.3 Å². The maximum atomic E-state index is 12.9. The van der Waals surface area contributed by atoms with Crippen LogP contribution in [-0.4, -0.2) is 29.9 Å². The van der Waals surface area contributed by atoms with E-state index in [1.165, 1.54) is 11.3 Å². The number of ether oxygens (including phenoxy) is 2. The van der Waals surface area contributed by atoms with Crippen LogP contribution in [0.25, 0.3) is 15.9 Å². The van der Waals surface area contributed by atoms with Gasteiger partial charge in [0.1, 0.15) is 4.83 Å². The van der Waals surface area contributed by atoms with Gasteiger partial charge in [-0.1, -0.05) is 18.2 Å². The van der Waals surface area contributed by atoms with Crippen molar-refractivity contribution < 1.29 is 14.3 Å². The third-order valence-corrected chi connectivity index (χ3v) is 5.86. The molecule has 0 saturated carbocycles. The Morgan fingerprint density at radius 2 is 1.72 bits per heavy atom. The van der Waals surface area contributed by atoms with E-state index in [1.807, 2.05) is 61.0 Å². The van der Waals surface area contributed by atoms with Crippen LogP contribution in [0.15, 0.2) is 48.5 Å². The molecule has 0 atom stereocenters. The van der Waals surface area contributed by atoms with Crippen molar-refractivity contribution in [1.29, 1.82) is 0 Å². The fourth-order valence-corrected chi connectivity index (χ4v) is 4.28. The summed E-state index contributed by atoms with van der Waals surface area (Å²) in [6.45, 7) is 3.87. The highest BCUT2D eigenvalue weighted by Crippen LogP contribution is 2.34. The Morgan fingerprint density at radius 3 is 2.41 bits per heavy atom. The molecular formula is C22H21N3O3S. The number of para-hydroxylation sites is 1. The Morgan fingerprint density at radius 1 is 1.03 bits per heavy atom. The van der Waals surface area contributed by atoms with Crippen LogP contribution < -0.4 is 14.8 Å². The normalized spacial score (nSPS) is 10.9. The number of hydrogen-bond donors (Lipinski definition) is 1. The number of methoxy groups -OCH3 is 2. The number of fused-ring (bicyclic) bond motifs is 1. The van der Waals surface area contributed by atoms with E-state index >= 15 is 0 Å². The molecule has 1 N–H and O–H groups in total. The summed E-state index contributed by atoms with van der Waals surface area (Å²) >= 11 is 1.42. The Hall–Kier alpha value is -3.32. The lowest BCUT2D eigenvalue weighted by Gasteiger charge is -2.13. The lowest BCUT2D eigenvalue weighted by Crippen LogP contribution is -2.11. The predicted molar refractivity (Wildman–Crippen MR) is 116 cm³/mol. The molecule has 0 aliphatic carbocycles. The summed E-state index contributed by atoms with van der Waals surface area (Å²) in [6, 6.07) is 15.4. The van der Waals surface area contributed by atoms with Crippen molar-refractivity contribution in [1.82, 2.24) is 9.78 Å². The molecule has 1 amide bonds. The van der Waals surface area contributed by atoms with Crippen LogP contribution in [0.3, 0.4) is 0 Å². The average Bonchev–Trinajstić information content (AvgIpc) is 3.30. The van der Waals surface area contributed by atoms with Gasteiger partial charge < -0.3 is 14.8 Å². The number of carbonyl (C=O) groups is 1. The number of hydrogen-bond acceptors (Lipinski definition) is 5. The maximum Gasteiger partial charge on any atom is 0.265 e. The summed E-state index contributed by atoms with van der Waals surface area (Å²) in [5.74, 6) is 1.03. The summed E-state index contributed by atoms with van der Waals surface area (Å²) < 4.78 is 12.5. The highest BCUT2D eigenvalue weighted by Gasteiger charge is 2.18. The first-order valence-electron chi connectivity index (χ1n) is 9.10. The molecule has 7 heteroatoms. The Balaban J connectivity index is 1.68. The van der Waals surface area contributed by atoms with Gasteiger partial charge in [0.15, 0.2) is 11.5 Å². The summed E-state index contributed by atoms with van der Waals surface area (Å²) in [4.78, 5) is 14.5. The number of carbonyl (C=O) groups excluding carboxylic acids is 1. The van der Waals surface area contributed by atoms with E-state index in [9.17, 15) is 4.79 Å². The van der Waals surface area contributed by atoms with Crippen molar-refractivity contribution in [3.05, 3.63) is 64.7 Å². The van der Waals surface area contributed by atoms with E-state index in [0.717, 1.165) is 27.2 Å². The van der Waals surface area contributed by atoms with Crippen LogP contribution in [0.5, 0.6) is 11.5 Å². The molecule has 29 heavy (non-hydrogen) atoms. The number of amides is 1. The summed E-state index contributed by atoms with van der Waals surface area (Å²) in [5, 5.41) is 8.59. The van der Waals surface area contributed by atoms with E-state index in [-0.39, 0.29) is 5.91 Å². The van der Waals surface area contributed by atoms with Crippen LogP contribution in [0.1, 0.15) is 20.9 Å². The first kappa shape index (κ1) is 19.0. The van der Waals surface area contributed by atoms with Gasteiger partial charge in [0.25, 0.3) is 5.91 Å². The highest BCUT2D eigenvalue weighted by molar-refractivity contribution is 7.20. The van der Waals surface area contributed by atoms with Crippen molar-refractivity contribution in [2.45, 2.75) is 13.8 Å². The molecular weight excluding hydrogens is 386 g/mol. The third-order valence-electron chi connectivity index (χ3n) is 4.75. The minimum Gasteiger partial charge on any atom is -0.493 e. The second-order valence-corrected chi connectivity index (χ2v) is 7.67. The number of benzene rings is 2. The maximum absolute atomic E-state index is 12.9. The standard InChI is InChI=1S/C22H21N3O3S/c1-13-10-18(27-3)19(28-4)12-17(13)23-21(26)20-11-16-14(2)24-25(22(16)29-20)15-8-6-5-7-9-15/h5-12H,1-4H3,(H,23,26). The van der Waals surface area contributed by atoms with E-state index in [2.05, 4.69) is 10.4 Å². The van der Waals surface area contributed by atoms with Crippen molar-refractivity contribution in [3.8, 4) is 17.2 Å². The second kappa shape index (κ2) is 7.60. The van der Waals surface area contributed by atoms with E-state index in [1.54, 1.807) is 20.3 Å². The lowest BCUT2D eigenvalue weighted by atomic mass is 10.1. The number of rotatable bonds is 5. The molecule has 4 aromatic rings. The third kappa shape index (κ3) is 3.45. The van der Waals surface area contributed by atoms with Crippen molar-refractivity contribution in [2.75, 3.05) is 19.5 Å². The van der Waals surface area contributed by atoms with Gasteiger partial charge in [-0.2, -0.15) is 5.10 Å². The Labute approximate surface area is 172 Å². The van der Waals surface area contributed by atoms with Crippen LogP contribution in [0, 0.1) is 13.8 Å². The summed E-state index contributed by atoms with van der Waals surface area (Å²) in [7, 11) is 3.16. The first-order chi connectivity index (χ1) is 14.0. The number of aryl methyl sites for hydroxylation is 2. The number of thiophene rings is 1. The topological polar surface area (TPSA) is 65.4 Å². The molecule has 0 bridgehead atoms. The molecule has 2 aromatic heterocycles. The van der Waals surface area contributed by atoms with Gasteiger partial charge in [0.05, 0.1) is 30.5 Å². The fraction of sp³-hybridized carbons (Fsp3) is 0.182. The van der Waals surface area contributed by atoms with Crippen molar-refractivity contribution >= 4 is 33.1 Å². The van der Waals surface area contributed by atoms with Gasteiger partial charge in [0, 0.05) is 17.1 Å². The Bertz CT molecular complexity index is 1200. The van der Waals surface area contributed by atoms with E-state index in [0.29, 0.717) is 22.1 Å². The van der Waals surface area contributed by atoms with E-state index < -0.39 is 0 Å². The molecule has 0 unspecified atom stereocenters. The first-order valence-corrected chi connectivity index (χ1v) is 9.92. The van der Waals surface area contributed by atoms with Crippen molar-refractivity contribution in [3.63, 3.8) is 0 Å². The molecule has 2 aromatic carbocycles. The number of nitrogens with one attached hydrogen (secondary N) is 1. The molecule has 0 saturated heterocycles. The zero-order chi connectivity index (χ0) is 20.5. The predicted octanol–water partition coefficient (Wildman–Crippen LogP) is 4.97. The molecule has 0 radical (unpaired) electrons. The highest BCUT2D eigenvalue weighted by atomic mass is 32.1. The van der Waals surface area contributed by atoms with Crippen LogP contribution in [-0.2, 0) is 0 Å². The number of aromatic nitrogens is 2. The smallest absolute Gasteiger partial charge is 0.265 e. The van der Waals surface area contributed by atoms with Gasteiger partial charge >= 0.3 is 0 Å². The quantitative estimate of drug-likeness (QED) is 0.507. The number of nitrogens with zero attached hydrogens (tertiary/aromatic N) is 2. The molecule has 0 aliphatic heterocycles. The van der Waals surface area contributed by atoms with Gasteiger partial charge in [-0.15, -0.1) is 11.3 Å². The van der Waals surface area contributed by atoms with Gasteiger partial charge in [-0.3, -0.25) is 4.79 Å².